The number of benzene rings is 2. The summed E-state index contributed by atoms with van der Waals surface area (Å²) < 4.78 is 13.8. The van der Waals surface area contributed by atoms with E-state index in [2.05, 4.69) is 10.6 Å². The van der Waals surface area contributed by atoms with Gasteiger partial charge in [-0.15, -0.1) is 0 Å². The summed E-state index contributed by atoms with van der Waals surface area (Å²) in [6, 6.07) is 11.3. The molecule has 0 spiro atoms. The maximum absolute atomic E-state index is 13.8. The van der Waals surface area contributed by atoms with Crippen LogP contribution in [0.5, 0.6) is 0 Å². The van der Waals surface area contributed by atoms with Crippen molar-refractivity contribution in [1.29, 1.82) is 0 Å². The maximum atomic E-state index is 13.8. The van der Waals surface area contributed by atoms with Crippen molar-refractivity contribution in [1.82, 2.24) is 0 Å². The van der Waals surface area contributed by atoms with Gasteiger partial charge in [0.25, 0.3) is 5.91 Å². The third kappa shape index (κ3) is 3.62. The molecule has 0 saturated heterocycles. The number of carbonyl (C=O) groups excluding carboxylic acids is 2. The third-order valence-electron chi connectivity index (χ3n) is 4.21. The Kier molecular flexibility index (Phi) is 4.34. The highest BCUT2D eigenvalue weighted by atomic mass is 19.1. The van der Waals surface area contributed by atoms with Crippen LogP contribution >= 0.6 is 0 Å². The van der Waals surface area contributed by atoms with Crippen LogP contribution in [0.25, 0.3) is 0 Å². The Hall–Kier alpha value is -2.69. The molecular formula is C19H19FN2O2. The van der Waals surface area contributed by atoms with Gasteiger partial charge in [0, 0.05) is 17.2 Å². The molecule has 4 nitrogen and oxygen atoms in total. The molecular weight excluding hydrogens is 307 g/mol. The van der Waals surface area contributed by atoms with Gasteiger partial charge in [0.15, 0.2) is 0 Å². The minimum Gasteiger partial charge on any atom is -0.326 e. The SMILES string of the molecule is Cc1ccc(NC(=O)c2cccc(NC(=O)C3CC3C)c2)c(F)c1. The van der Waals surface area contributed by atoms with E-state index in [4.69, 9.17) is 0 Å². The predicted octanol–water partition coefficient (Wildman–Crippen LogP) is 3.98. The van der Waals surface area contributed by atoms with Gasteiger partial charge < -0.3 is 10.6 Å². The van der Waals surface area contributed by atoms with Crippen LogP contribution in [0.4, 0.5) is 15.8 Å². The van der Waals surface area contributed by atoms with E-state index in [1.165, 1.54) is 12.1 Å². The average molecular weight is 326 g/mol. The average Bonchev–Trinajstić information content (AvgIpc) is 3.27. The molecule has 5 heteroatoms. The van der Waals surface area contributed by atoms with E-state index < -0.39 is 11.7 Å². The van der Waals surface area contributed by atoms with Crippen molar-refractivity contribution in [3.05, 3.63) is 59.4 Å². The molecule has 124 valence electrons. The number of hydrogen-bond acceptors (Lipinski definition) is 2. The second-order valence-electron chi connectivity index (χ2n) is 6.33. The van der Waals surface area contributed by atoms with E-state index >= 15 is 0 Å². The topological polar surface area (TPSA) is 58.2 Å². The van der Waals surface area contributed by atoms with E-state index in [1.807, 2.05) is 6.92 Å². The number of carbonyl (C=O) groups is 2. The van der Waals surface area contributed by atoms with E-state index in [1.54, 1.807) is 37.3 Å². The summed E-state index contributed by atoms with van der Waals surface area (Å²) in [5.74, 6) is -0.445. The lowest BCUT2D eigenvalue weighted by molar-refractivity contribution is -0.117. The van der Waals surface area contributed by atoms with E-state index in [-0.39, 0.29) is 17.5 Å². The smallest absolute Gasteiger partial charge is 0.255 e. The molecule has 1 fully saturated rings. The molecule has 0 aromatic heterocycles. The van der Waals surface area contributed by atoms with Crippen molar-refractivity contribution in [3.8, 4) is 0 Å². The van der Waals surface area contributed by atoms with Crippen LogP contribution in [0.1, 0.15) is 29.3 Å². The van der Waals surface area contributed by atoms with Crippen LogP contribution in [-0.2, 0) is 4.79 Å². The first-order chi connectivity index (χ1) is 11.4. The van der Waals surface area contributed by atoms with Gasteiger partial charge in [-0.1, -0.05) is 19.1 Å². The number of anilines is 2. The summed E-state index contributed by atoms with van der Waals surface area (Å²) in [7, 11) is 0. The molecule has 2 aromatic rings. The number of rotatable bonds is 4. The fourth-order valence-corrected chi connectivity index (χ4v) is 2.58. The summed E-state index contributed by atoms with van der Waals surface area (Å²) in [6.07, 6.45) is 0.901. The summed E-state index contributed by atoms with van der Waals surface area (Å²) in [5.41, 5.74) is 1.84. The Morgan fingerprint density at radius 2 is 1.88 bits per heavy atom. The minimum atomic E-state index is -0.476. The molecule has 0 heterocycles. The van der Waals surface area contributed by atoms with Crippen molar-refractivity contribution in [3.63, 3.8) is 0 Å². The lowest BCUT2D eigenvalue weighted by atomic mass is 10.1. The van der Waals surface area contributed by atoms with E-state index in [0.717, 1.165) is 12.0 Å². The molecule has 2 unspecified atom stereocenters. The van der Waals surface area contributed by atoms with Crippen molar-refractivity contribution in [2.75, 3.05) is 10.6 Å². The van der Waals surface area contributed by atoms with Gasteiger partial charge in [-0.25, -0.2) is 4.39 Å². The zero-order valence-electron chi connectivity index (χ0n) is 13.6. The zero-order valence-corrected chi connectivity index (χ0v) is 13.6. The van der Waals surface area contributed by atoms with Crippen LogP contribution in [0, 0.1) is 24.6 Å². The predicted molar refractivity (Wildman–Crippen MR) is 91.4 cm³/mol. The van der Waals surface area contributed by atoms with Crippen LogP contribution in [0.15, 0.2) is 42.5 Å². The normalized spacial score (nSPS) is 18.8. The minimum absolute atomic E-state index is 0.0235. The molecule has 1 saturated carbocycles. The number of nitrogens with one attached hydrogen (secondary N) is 2. The number of hydrogen-bond donors (Lipinski definition) is 2. The molecule has 0 radical (unpaired) electrons. The number of aryl methyl sites for hydroxylation is 1. The van der Waals surface area contributed by atoms with Gasteiger partial charge in [-0.05, 0) is 55.2 Å². The molecule has 2 N–H and O–H groups in total. The highest BCUT2D eigenvalue weighted by Gasteiger charge is 2.39. The molecule has 0 bridgehead atoms. The van der Waals surface area contributed by atoms with Crippen molar-refractivity contribution in [2.45, 2.75) is 20.3 Å². The highest BCUT2D eigenvalue weighted by molar-refractivity contribution is 6.05. The number of halogens is 1. The Bertz CT molecular complexity index is 804. The molecule has 1 aliphatic carbocycles. The standard InChI is InChI=1S/C19H19FN2O2/c1-11-6-7-17(16(20)8-11)22-18(23)13-4-3-5-14(10-13)21-19(24)15-9-12(15)2/h3-8,10,12,15H,9H2,1-2H3,(H,21,24)(H,22,23). The van der Waals surface area contributed by atoms with Gasteiger partial charge in [0.2, 0.25) is 5.91 Å². The van der Waals surface area contributed by atoms with Crippen LogP contribution in [-0.4, -0.2) is 11.8 Å². The van der Waals surface area contributed by atoms with Crippen LogP contribution in [0.2, 0.25) is 0 Å². The Morgan fingerprint density at radius 1 is 1.12 bits per heavy atom. The van der Waals surface area contributed by atoms with Gasteiger partial charge in [0.05, 0.1) is 5.69 Å². The first-order valence-electron chi connectivity index (χ1n) is 7.92. The van der Waals surface area contributed by atoms with Crippen molar-refractivity contribution in [2.24, 2.45) is 11.8 Å². The maximum Gasteiger partial charge on any atom is 0.255 e. The summed E-state index contributed by atoms with van der Waals surface area (Å²) in [4.78, 5) is 24.3. The summed E-state index contributed by atoms with van der Waals surface area (Å²) in [6.45, 7) is 3.81. The van der Waals surface area contributed by atoms with Gasteiger partial charge in [-0.3, -0.25) is 9.59 Å². The lowest BCUT2D eigenvalue weighted by Gasteiger charge is -2.09. The van der Waals surface area contributed by atoms with E-state index in [9.17, 15) is 14.0 Å². The summed E-state index contributed by atoms with van der Waals surface area (Å²) >= 11 is 0. The largest absolute Gasteiger partial charge is 0.326 e. The second kappa shape index (κ2) is 6.43. The Labute approximate surface area is 140 Å². The highest BCUT2D eigenvalue weighted by Crippen LogP contribution is 2.38. The first-order valence-corrected chi connectivity index (χ1v) is 7.92. The van der Waals surface area contributed by atoms with Gasteiger partial charge in [0.1, 0.15) is 5.82 Å². The Balaban J connectivity index is 1.70. The van der Waals surface area contributed by atoms with E-state index in [0.29, 0.717) is 17.2 Å². The zero-order chi connectivity index (χ0) is 17.3. The quantitative estimate of drug-likeness (QED) is 0.893. The Morgan fingerprint density at radius 3 is 2.54 bits per heavy atom. The van der Waals surface area contributed by atoms with Crippen LogP contribution < -0.4 is 10.6 Å². The van der Waals surface area contributed by atoms with Crippen molar-refractivity contribution < 1.29 is 14.0 Å². The molecule has 2 amide bonds. The van der Waals surface area contributed by atoms with Gasteiger partial charge >= 0.3 is 0 Å². The second-order valence-corrected chi connectivity index (χ2v) is 6.33. The summed E-state index contributed by atoms with van der Waals surface area (Å²) in [5, 5.41) is 5.37. The molecule has 24 heavy (non-hydrogen) atoms. The molecule has 3 rings (SSSR count). The fourth-order valence-electron chi connectivity index (χ4n) is 2.58. The lowest BCUT2D eigenvalue weighted by Crippen LogP contribution is -2.16. The fraction of sp³-hybridized carbons (Fsp3) is 0.263. The van der Waals surface area contributed by atoms with Crippen LogP contribution in [0.3, 0.4) is 0 Å². The monoisotopic (exact) mass is 326 g/mol. The molecule has 1 aliphatic rings. The van der Waals surface area contributed by atoms with Gasteiger partial charge in [-0.2, -0.15) is 0 Å². The molecule has 0 aliphatic heterocycles. The molecule has 2 aromatic carbocycles. The number of amides is 2. The first kappa shape index (κ1) is 16.2. The molecule has 2 atom stereocenters. The third-order valence-corrected chi connectivity index (χ3v) is 4.21. The van der Waals surface area contributed by atoms with Crippen molar-refractivity contribution >= 4 is 23.2 Å².